The van der Waals surface area contributed by atoms with Crippen molar-refractivity contribution in [2.45, 2.75) is 32.3 Å². The number of carbonyl (C=O) groups excluding carboxylic acids is 1. The van der Waals surface area contributed by atoms with Gasteiger partial charge in [-0.1, -0.05) is 0 Å². The number of methoxy groups -OCH3 is 3. The van der Waals surface area contributed by atoms with E-state index in [-0.39, 0.29) is 0 Å². The predicted molar refractivity (Wildman–Crippen MR) is 91.2 cm³/mol. The van der Waals surface area contributed by atoms with Gasteiger partial charge in [-0.05, 0) is 51.9 Å². The van der Waals surface area contributed by atoms with Gasteiger partial charge in [0.1, 0.15) is 5.60 Å². The van der Waals surface area contributed by atoms with Gasteiger partial charge in [0.15, 0.2) is 11.5 Å². The van der Waals surface area contributed by atoms with Crippen molar-refractivity contribution in [3.05, 3.63) is 17.7 Å². The number of ether oxygens (including phenoxy) is 4. The summed E-state index contributed by atoms with van der Waals surface area (Å²) in [6, 6.07) is 3.23. The maximum absolute atomic E-state index is 12.6. The molecule has 1 fully saturated rings. The van der Waals surface area contributed by atoms with Gasteiger partial charge in [0.05, 0.1) is 26.9 Å². The van der Waals surface area contributed by atoms with Crippen molar-refractivity contribution in [1.82, 2.24) is 5.32 Å². The molecular formula is C18H27NO5. The third-order valence-electron chi connectivity index (χ3n) is 4.58. The van der Waals surface area contributed by atoms with Crippen molar-refractivity contribution in [2.75, 3.05) is 34.4 Å². The first-order valence-electron chi connectivity index (χ1n) is 8.17. The van der Waals surface area contributed by atoms with Crippen LogP contribution in [0.4, 0.5) is 0 Å². The van der Waals surface area contributed by atoms with E-state index in [1.54, 1.807) is 12.1 Å². The van der Waals surface area contributed by atoms with E-state index in [9.17, 15) is 4.79 Å². The Bertz CT molecular complexity index is 554. The van der Waals surface area contributed by atoms with E-state index >= 15 is 0 Å². The minimum atomic E-state index is -0.528. The molecule has 0 unspecified atom stereocenters. The molecule has 1 aliphatic heterocycles. The predicted octanol–water partition coefficient (Wildman–Crippen LogP) is 2.65. The van der Waals surface area contributed by atoms with Crippen LogP contribution < -0.4 is 19.5 Å². The summed E-state index contributed by atoms with van der Waals surface area (Å²) in [7, 11) is 4.56. The Morgan fingerprint density at radius 3 is 2.04 bits per heavy atom. The maximum Gasteiger partial charge on any atom is 0.338 e. The minimum absolute atomic E-state index is 0.338. The molecule has 0 aromatic heterocycles. The van der Waals surface area contributed by atoms with Crippen LogP contribution in [0.5, 0.6) is 17.2 Å². The second kappa shape index (κ2) is 7.75. The summed E-state index contributed by atoms with van der Waals surface area (Å²) in [6.45, 7) is 5.85. The lowest BCUT2D eigenvalue weighted by Gasteiger charge is -2.36. The Hall–Kier alpha value is -1.95. The number of nitrogens with one attached hydrogen (secondary N) is 1. The molecule has 0 spiro atoms. The van der Waals surface area contributed by atoms with Gasteiger partial charge >= 0.3 is 5.97 Å². The monoisotopic (exact) mass is 337 g/mol. The number of piperidine rings is 1. The van der Waals surface area contributed by atoms with Crippen LogP contribution in [0.1, 0.15) is 37.0 Å². The fraction of sp³-hybridized carbons (Fsp3) is 0.611. The van der Waals surface area contributed by atoms with E-state index in [0.717, 1.165) is 25.9 Å². The van der Waals surface area contributed by atoms with Crippen LogP contribution >= 0.6 is 0 Å². The van der Waals surface area contributed by atoms with Crippen LogP contribution in [0.2, 0.25) is 0 Å². The smallest absolute Gasteiger partial charge is 0.338 e. The molecule has 0 atom stereocenters. The van der Waals surface area contributed by atoms with Gasteiger partial charge < -0.3 is 24.3 Å². The van der Waals surface area contributed by atoms with Gasteiger partial charge in [-0.3, -0.25) is 0 Å². The van der Waals surface area contributed by atoms with Crippen molar-refractivity contribution >= 4 is 5.97 Å². The molecule has 0 radical (unpaired) electrons. The molecule has 1 aromatic rings. The highest BCUT2D eigenvalue weighted by Crippen LogP contribution is 2.39. The second-order valence-corrected chi connectivity index (χ2v) is 6.43. The topological polar surface area (TPSA) is 66.0 Å². The molecule has 2 rings (SSSR count). The molecule has 0 saturated carbocycles. The van der Waals surface area contributed by atoms with Gasteiger partial charge in [-0.15, -0.1) is 0 Å². The van der Waals surface area contributed by atoms with Crippen molar-refractivity contribution in [3.63, 3.8) is 0 Å². The molecule has 6 nitrogen and oxygen atoms in total. The highest BCUT2D eigenvalue weighted by atomic mass is 16.6. The maximum atomic E-state index is 12.6. The zero-order chi connectivity index (χ0) is 17.7. The lowest BCUT2D eigenvalue weighted by Crippen LogP contribution is -2.42. The van der Waals surface area contributed by atoms with Crippen molar-refractivity contribution in [3.8, 4) is 17.2 Å². The van der Waals surface area contributed by atoms with Crippen molar-refractivity contribution in [1.29, 1.82) is 0 Å². The summed E-state index contributed by atoms with van der Waals surface area (Å²) >= 11 is 0. The standard InChI is InChI=1S/C18H27NO5/c1-18(2,13-6-8-19-9-7-13)24-17(20)12-10-14(21-3)16(23-5)15(11-12)22-4/h10-11,13,19H,6-9H2,1-5H3. The molecule has 1 aliphatic rings. The summed E-state index contributed by atoms with van der Waals surface area (Å²) in [6.07, 6.45) is 1.99. The first-order chi connectivity index (χ1) is 11.4. The average molecular weight is 337 g/mol. The van der Waals surface area contributed by atoms with Crippen LogP contribution in [0.25, 0.3) is 0 Å². The highest BCUT2D eigenvalue weighted by Gasteiger charge is 2.34. The van der Waals surface area contributed by atoms with Gasteiger partial charge in [0, 0.05) is 5.92 Å². The second-order valence-electron chi connectivity index (χ2n) is 6.43. The van der Waals surface area contributed by atoms with E-state index < -0.39 is 11.6 Å². The third-order valence-corrected chi connectivity index (χ3v) is 4.58. The largest absolute Gasteiger partial charge is 0.493 e. The van der Waals surface area contributed by atoms with Crippen molar-refractivity contribution in [2.24, 2.45) is 5.92 Å². The quantitative estimate of drug-likeness (QED) is 0.805. The Morgan fingerprint density at radius 2 is 1.58 bits per heavy atom. The zero-order valence-corrected chi connectivity index (χ0v) is 15.1. The van der Waals surface area contributed by atoms with Gasteiger partial charge in [0.25, 0.3) is 0 Å². The zero-order valence-electron chi connectivity index (χ0n) is 15.1. The first kappa shape index (κ1) is 18.4. The normalized spacial score (nSPS) is 15.7. The van der Waals surface area contributed by atoms with Crippen LogP contribution in [-0.2, 0) is 4.74 Å². The number of esters is 1. The Kier molecular flexibility index (Phi) is 5.94. The lowest BCUT2D eigenvalue weighted by molar-refractivity contribution is -0.0368. The summed E-state index contributed by atoms with van der Waals surface area (Å²) in [4.78, 5) is 12.6. The van der Waals surface area contributed by atoms with Crippen molar-refractivity contribution < 1.29 is 23.7 Å². The summed E-state index contributed by atoms with van der Waals surface area (Å²) in [5.74, 6) is 1.27. The minimum Gasteiger partial charge on any atom is -0.493 e. The molecule has 1 saturated heterocycles. The molecule has 134 valence electrons. The number of benzene rings is 1. The fourth-order valence-electron chi connectivity index (χ4n) is 3.10. The van der Waals surface area contributed by atoms with Crippen LogP contribution in [-0.4, -0.2) is 46.0 Å². The van der Waals surface area contributed by atoms with Crippen LogP contribution in [0, 0.1) is 5.92 Å². The molecule has 0 bridgehead atoms. The molecular weight excluding hydrogens is 310 g/mol. The molecule has 6 heteroatoms. The molecule has 24 heavy (non-hydrogen) atoms. The summed E-state index contributed by atoms with van der Waals surface area (Å²) < 4.78 is 21.7. The highest BCUT2D eigenvalue weighted by molar-refractivity contribution is 5.91. The molecule has 1 N–H and O–H groups in total. The summed E-state index contributed by atoms with van der Waals surface area (Å²) in [5.41, 5.74) is -0.147. The van der Waals surface area contributed by atoms with E-state index in [1.807, 2.05) is 13.8 Å². The molecule has 1 heterocycles. The molecule has 0 amide bonds. The van der Waals surface area contributed by atoms with Crippen LogP contribution in [0.15, 0.2) is 12.1 Å². The first-order valence-corrected chi connectivity index (χ1v) is 8.17. The van der Waals surface area contributed by atoms with E-state index in [4.69, 9.17) is 18.9 Å². The lowest BCUT2D eigenvalue weighted by atomic mass is 9.83. The Labute approximate surface area is 143 Å². The van der Waals surface area contributed by atoms with Gasteiger partial charge in [-0.25, -0.2) is 4.79 Å². The van der Waals surface area contributed by atoms with E-state index in [0.29, 0.717) is 28.7 Å². The van der Waals surface area contributed by atoms with E-state index in [2.05, 4.69) is 5.32 Å². The summed E-state index contributed by atoms with van der Waals surface area (Å²) in [5, 5.41) is 3.33. The SMILES string of the molecule is COc1cc(C(=O)OC(C)(C)C2CCNCC2)cc(OC)c1OC. The third kappa shape index (κ3) is 3.93. The van der Waals surface area contributed by atoms with E-state index in [1.165, 1.54) is 21.3 Å². The fourth-order valence-corrected chi connectivity index (χ4v) is 3.10. The Morgan fingerprint density at radius 1 is 1.04 bits per heavy atom. The number of hydrogen-bond donors (Lipinski definition) is 1. The number of rotatable bonds is 6. The molecule has 0 aliphatic carbocycles. The number of hydrogen-bond acceptors (Lipinski definition) is 6. The Balaban J connectivity index is 2.22. The van der Waals surface area contributed by atoms with Crippen LogP contribution in [0.3, 0.4) is 0 Å². The van der Waals surface area contributed by atoms with Gasteiger partial charge in [-0.2, -0.15) is 0 Å². The number of carbonyl (C=O) groups is 1. The molecule has 1 aromatic carbocycles. The average Bonchev–Trinajstić information content (AvgIpc) is 2.60. The van der Waals surface area contributed by atoms with Gasteiger partial charge in [0.2, 0.25) is 5.75 Å².